The van der Waals surface area contributed by atoms with Crippen LogP contribution in [0, 0.1) is 0 Å². The predicted molar refractivity (Wildman–Crippen MR) is 68.3 cm³/mol. The van der Waals surface area contributed by atoms with E-state index < -0.39 is 11.2 Å². The molecule has 0 aliphatic rings. The van der Waals surface area contributed by atoms with Crippen molar-refractivity contribution < 1.29 is 4.79 Å². The van der Waals surface area contributed by atoms with Crippen molar-refractivity contribution in [3.05, 3.63) is 32.6 Å². The summed E-state index contributed by atoms with van der Waals surface area (Å²) in [6.45, 7) is 6.04. The van der Waals surface area contributed by atoms with E-state index in [1.54, 1.807) is 20.5 Å². The molecule has 17 heavy (non-hydrogen) atoms. The van der Waals surface area contributed by atoms with Gasteiger partial charge in [0.2, 0.25) is 0 Å². The van der Waals surface area contributed by atoms with Gasteiger partial charge in [-0.1, -0.05) is 0 Å². The minimum atomic E-state index is -0.437. The molecule has 0 aliphatic heterocycles. The van der Waals surface area contributed by atoms with Crippen LogP contribution in [0.2, 0.25) is 0 Å². The second kappa shape index (κ2) is 5.77. The van der Waals surface area contributed by atoms with E-state index in [-0.39, 0.29) is 20.3 Å². The molecule has 1 N–H and O–H groups in total. The van der Waals surface area contributed by atoms with Gasteiger partial charge in [-0.15, -0.1) is 0 Å². The standard InChI is InChI=1S/C10H16N3O3P/c1-4-11-9(15)7-6-8(14)12(5-2)10(16)13(7)17-3/h6,17H,4-5H2,1-3H3,(H,11,15). The van der Waals surface area contributed by atoms with Crippen molar-refractivity contribution in [3.8, 4) is 0 Å². The molecule has 1 rings (SSSR count). The fraction of sp³-hybridized carbons (Fsp3) is 0.500. The third kappa shape index (κ3) is 2.64. The first-order valence-electron chi connectivity index (χ1n) is 5.39. The number of nitrogens with zero attached hydrogens (tertiary/aromatic N) is 2. The summed E-state index contributed by atoms with van der Waals surface area (Å²) < 4.78 is 2.44. The predicted octanol–water partition coefficient (Wildman–Crippen LogP) is -0.149. The molecule has 94 valence electrons. The van der Waals surface area contributed by atoms with Crippen LogP contribution in [0.4, 0.5) is 0 Å². The number of hydrogen-bond acceptors (Lipinski definition) is 3. The smallest absolute Gasteiger partial charge is 0.334 e. The molecule has 1 aromatic heterocycles. The van der Waals surface area contributed by atoms with Gasteiger partial charge in [0.15, 0.2) is 0 Å². The average Bonchev–Trinajstić information content (AvgIpc) is 2.29. The second-order valence-corrected chi connectivity index (χ2v) is 4.21. The van der Waals surface area contributed by atoms with Crippen molar-refractivity contribution >= 4 is 14.6 Å². The van der Waals surface area contributed by atoms with Crippen LogP contribution in [0.25, 0.3) is 0 Å². The van der Waals surface area contributed by atoms with Gasteiger partial charge >= 0.3 is 5.69 Å². The Hall–Kier alpha value is -1.42. The van der Waals surface area contributed by atoms with Crippen molar-refractivity contribution in [3.63, 3.8) is 0 Å². The van der Waals surface area contributed by atoms with Crippen molar-refractivity contribution in [2.24, 2.45) is 0 Å². The molecule has 0 fully saturated rings. The molecule has 1 amide bonds. The largest absolute Gasteiger partial charge is 0.351 e. The molecule has 1 heterocycles. The Morgan fingerprint density at radius 1 is 1.41 bits per heavy atom. The summed E-state index contributed by atoms with van der Waals surface area (Å²) in [5, 5.41) is 2.59. The Morgan fingerprint density at radius 3 is 2.53 bits per heavy atom. The summed E-state index contributed by atoms with van der Waals surface area (Å²) in [6, 6.07) is 1.21. The van der Waals surface area contributed by atoms with Gasteiger partial charge in [0.25, 0.3) is 11.5 Å². The molecule has 1 aromatic rings. The first kappa shape index (κ1) is 13.6. The summed E-state index contributed by atoms with van der Waals surface area (Å²) in [7, 11) is 0.104. The highest BCUT2D eigenvalue weighted by atomic mass is 31.1. The first-order chi connectivity index (χ1) is 8.06. The molecule has 6 nitrogen and oxygen atoms in total. The van der Waals surface area contributed by atoms with Crippen LogP contribution in [-0.4, -0.2) is 28.0 Å². The fourth-order valence-corrected chi connectivity index (χ4v) is 2.22. The quantitative estimate of drug-likeness (QED) is 0.762. The lowest BCUT2D eigenvalue weighted by molar-refractivity contribution is 0.0948. The third-order valence-electron chi connectivity index (χ3n) is 2.30. The molecule has 0 aromatic carbocycles. The van der Waals surface area contributed by atoms with Crippen molar-refractivity contribution in [2.45, 2.75) is 20.4 Å². The van der Waals surface area contributed by atoms with Crippen LogP contribution in [0.5, 0.6) is 0 Å². The summed E-state index contributed by atoms with van der Waals surface area (Å²) in [5.41, 5.74) is -0.734. The highest BCUT2D eigenvalue weighted by Gasteiger charge is 2.14. The maximum absolute atomic E-state index is 11.9. The van der Waals surface area contributed by atoms with Gasteiger partial charge in [-0.2, -0.15) is 0 Å². The zero-order chi connectivity index (χ0) is 13.0. The number of hydrogen-bond donors (Lipinski definition) is 1. The number of rotatable bonds is 4. The lowest BCUT2D eigenvalue weighted by Gasteiger charge is -2.12. The molecule has 0 bridgehead atoms. The Bertz CT molecular complexity index is 533. The van der Waals surface area contributed by atoms with Gasteiger partial charge in [-0.25, -0.2) is 4.79 Å². The number of carbonyl (C=O) groups is 1. The van der Waals surface area contributed by atoms with Crippen LogP contribution in [0.1, 0.15) is 24.3 Å². The number of nitrogens with one attached hydrogen (secondary N) is 1. The average molecular weight is 257 g/mol. The van der Waals surface area contributed by atoms with Gasteiger partial charge in [-0.05, 0) is 29.2 Å². The van der Waals surface area contributed by atoms with E-state index >= 15 is 0 Å². The van der Waals surface area contributed by atoms with Crippen LogP contribution >= 0.6 is 8.73 Å². The van der Waals surface area contributed by atoms with Gasteiger partial charge in [0, 0.05) is 19.2 Å². The zero-order valence-electron chi connectivity index (χ0n) is 10.1. The molecular formula is C10H16N3O3P. The van der Waals surface area contributed by atoms with E-state index in [0.29, 0.717) is 13.1 Å². The monoisotopic (exact) mass is 257 g/mol. The SMILES string of the molecule is CCNC(=O)c1cc(=O)n(CC)c(=O)n1PC. The van der Waals surface area contributed by atoms with Gasteiger partial charge < -0.3 is 5.32 Å². The Balaban J connectivity index is 3.47. The number of aromatic nitrogens is 2. The number of amides is 1. The van der Waals surface area contributed by atoms with E-state index in [1.807, 2.05) is 0 Å². The Morgan fingerprint density at radius 2 is 2.06 bits per heavy atom. The maximum Gasteiger partial charge on any atom is 0.334 e. The van der Waals surface area contributed by atoms with Crippen molar-refractivity contribution in [1.82, 2.24) is 14.2 Å². The van der Waals surface area contributed by atoms with Crippen LogP contribution in [-0.2, 0) is 6.54 Å². The normalized spacial score (nSPS) is 11.0. The fourth-order valence-electron chi connectivity index (χ4n) is 1.50. The Kier molecular flexibility index (Phi) is 4.63. The zero-order valence-corrected chi connectivity index (χ0v) is 11.1. The van der Waals surface area contributed by atoms with E-state index in [1.165, 1.54) is 10.4 Å². The minimum Gasteiger partial charge on any atom is -0.351 e. The van der Waals surface area contributed by atoms with Crippen LogP contribution in [0.3, 0.4) is 0 Å². The molecule has 0 saturated heterocycles. The maximum atomic E-state index is 11.9. The summed E-state index contributed by atoms with van der Waals surface area (Å²) in [6.07, 6.45) is 0. The van der Waals surface area contributed by atoms with Crippen LogP contribution < -0.4 is 16.6 Å². The van der Waals surface area contributed by atoms with Crippen LogP contribution in [0.15, 0.2) is 15.7 Å². The van der Waals surface area contributed by atoms with Crippen molar-refractivity contribution in [1.29, 1.82) is 0 Å². The molecule has 0 aliphatic carbocycles. The van der Waals surface area contributed by atoms with Crippen molar-refractivity contribution in [2.75, 3.05) is 13.2 Å². The molecule has 0 radical (unpaired) electrons. The topological polar surface area (TPSA) is 73.1 Å². The first-order valence-corrected chi connectivity index (χ1v) is 6.84. The van der Waals surface area contributed by atoms with Gasteiger partial charge in [-0.3, -0.25) is 18.5 Å². The highest BCUT2D eigenvalue weighted by Crippen LogP contribution is 2.08. The van der Waals surface area contributed by atoms with E-state index in [0.717, 1.165) is 4.57 Å². The van der Waals surface area contributed by atoms with Gasteiger partial charge in [0.05, 0.1) is 0 Å². The molecule has 0 spiro atoms. The lowest BCUT2D eigenvalue weighted by atomic mass is 10.3. The van der Waals surface area contributed by atoms with E-state index in [4.69, 9.17) is 0 Å². The molecule has 7 heteroatoms. The molecule has 1 atom stereocenters. The summed E-state index contributed by atoms with van der Waals surface area (Å²) in [5.74, 6) is -0.390. The lowest BCUT2D eigenvalue weighted by Crippen LogP contribution is -2.41. The second-order valence-electron chi connectivity index (χ2n) is 3.31. The third-order valence-corrected chi connectivity index (χ3v) is 3.18. The minimum absolute atomic E-state index is 0.104. The summed E-state index contributed by atoms with van der Waals surface area (Å²) >= 11 is 0. The highest BCUT2D eigenvalue weighted by molar-refractivity contribution is 7.35. The van der Waals surface area contributed by atoms with E-state index in [9.17, 15) is 14.4 Å². The summed E-state index contributed by atoms with van der Waals surface area (Å²) in [4.78, 5) is 35.3. The van der Waals surface area contributed by atoms with E-state index in [2.05, 4.69) is 5.32 Å². The Labute approximate surface area is 100 Å². The molecule has 1 unspecified atom stereocenters. The van der Waals surface area contributed by atoms with Gasteiger partial charge in [0.1, 0.15) is 5.69 Å². The number of carbonyl (C=O) groups excluding carboxylic acids is 1. The molecular weight excluding hydrogens is 241 g/mol. The molecule has 0 saturated carbocycles.